The van der Waals surface area contributed by atoms with Gasteiger partial charge < -0.3 is 14.8 Å². The first kappa shape index (κ1) is 16.6. The quantitative estimate of drug-likeness (QED) is 0.761. The summed E-state index contributed by atoms with van der Waals surface area (Å²) in [7, 11) is 1.86. The fraction of sp³-hybridized carbons (Fsp3) is 0.353. The Morgan fingerprint density at radius 3 is 3.00 bits per heavy atom. The van der Waals surface area contributed by atoms with Crippen LogP contribution in [-0.4, -0.2) is 41.9 Å². The number of hydrogen-bond donors (Lipinski definition) is 1. The Kier molecular flexibility index (Phi) is 4.61. The molecule has 1 unspecified atom stereocenters. The van der Waals surface area contributed by atoms with Gasteiger partial charge in [-0.05, 0) is 19.3 Å². The summed E-state index contributed by atoms with van der Waals surface area (Å²) in [6, 6.07) is -0.0214. The largest absolute Gasteiger partial charge is 0.340 e. The van der Waals surface area contributed by atoms with E-state index in [1.165, 1.54) is 11.3 Å². The van der Waals surface area contributed by atoms with Gasteiger partial charge >= 0.3 is 0 Å². The molecular weight excluding hydrogens is 350 g/mol. The summed E-state index contributed by atoms with van der Waals surface area (Å²) in [5, 5.41) is 5.91. The maximum absolute atomic E-state index is 12.9. The highest BCUT2D eigenvalue weighted by Crippen LogP contribution is 2.34. The second kappa shape index (κ2) is 7.20. The van der Waals surface area contributed by atoms with Crippen LogP contribution in [-0.2, 0) is 7.05 Å². The number of imidazole rings is 1. The Morgan fingerprint density at radius 2 is 2.23 bits per heavy atom. The van der Waals surface area contributed by atoms with E-state index in [0.29, 0.717) is 11.5 Å². The highest BCUT2D eigenvalue weighted by atomic mass is 32.1. The summed E-state index contributed by atoms with van der Waals surface area (Å²) < 4.78 is 1.79. The van der Waals surface area contributed by atoms with Crippen LogP contribution >= 0.6 is 11.3 Å². The number of likely N-dealkylation sites (tertiary alicyclic amines) is 1. The number of thiazole rings is 1. The van der Waals surface area contributed by atoms with Gasteiger partial charge in [-0.2, -0.15) is 0 Å². The van der Waals surface area contributed by atoms with Gasteiger partial charge in [-0.25, -0.2) is 15.0 Å². The Balaban J connectivity index is 1.54. The predicted octanol–water partition coefficient (Wildman–Crippen LogP) is 2.78. The van der Waals surface area contributed by atoms with E-state index < -0.39 is 0 Å². The summed E-state index contributed by atoms with van der Waals surface area (Å²) >= 11 is 1.50. The van der Waals surface area contributed by atoms with Crippen LogP contribution in [0.3, 0.4) is 0 Å². The molecule has 8 nitrogen and oxygen atoms in total. The van der Waals surface area contributed by atoms with E-state index in [9.17, 15) is 4.79 Å². The Labute approximate surface area is 155 Å². The smallest absolute Gasteiger partial charge is 0.274 e. The molecule has 0 radical (unpaired) electrons. The van der Waals surface area contributed by atoms with Crippen LogP contribution in [0.4, 0.5) is 10.9 Å². The van der Waals surface area contributed by atoms with Crippen molar-refractivity contribution in [2.24, 2.45) is 7.05 Å². The van der Waals surface area contributed by atoms with Crippen LogP contribution in [0.5, 0.6) is 0 Å². The van der Waals surface area contributed by atoms with Crippen molar-refractivity contribution in [2.75, 3.05) is 11.9 Å². The molecule has 0 bridgehead atoms. The lowest BCUT2D eigenvalue weighted by molar-refractivity contribution is 0.0601. The molecular formula is C17H19N7OS. The third kappa shape index (κ3) is 3.43. The molecule has 1 N–H and O–H groups in total. The van der Waals surface area contributed by atoms with Gasteiger partial charge in [-0.15, -0.1) is 11.3 Å². The van der Waals surface area contributed by atoms with E-state index in [-0.39, 0.29) is 11.9 Å². The average molecular weight is 369 g/mol. The van der Waals surface area contributed by atoms with Crippen LogP contribution in [0.15, 0.2) is 36.5 Å². The van der Waals surface area contributed by atoms with E-state index in [4.69, 9.17) is 0 Å². The molecule has 3 aromatic heterocycles. The minimum absolute atomic E-state index is 0.0214. The number of aryl methyl sites for hydroxylation is 1. The predicted molar refractivity (Wildman–Crippen MR) is 98.3 cm³/mol. The van der Waals surface area contributed by atoms with Crippen LogP contribution in [0.1, 0.15) is 41.5 Å². The lowest BCUT2D eigenvalue weighted by Gasteiger charge is -2.34. The molecule has 0 spiro atoms. The van der Waals surface area contributed by atoms with E-state index in [2.05, 4.69) is 25.3 Å². The van der Waals surface area contributed by atoms with Gasteiger partial charge in [-0.1, -0.05) is 0 Å². The molecule has 0 aromatic carbocycles. The van der Waals surface area contributed by atoms with Crippen LogP contribution in [0.25, 0.3) is 0 Å². The zero-order valence-electron chi connectivity index (χ0n) is 14.4. The fourth-order valence-electron chi connectivity index (χ4n) is 3.12. The van der Waals surface area contributed by atoms with Gasteiger partial charge in [0.2, 0.25) is 0 Å². The first-order valence-corrected chi connectivity index (χ1v) is 9.36. The number of hydrogen-bond acceptors (Lipinski definition) is 7. The van der Waals surface area contributed by atoms with E-state index in [0.717, 1.165) is 36.6 Å². The first-order valence-electron chi connectivity index (χ1n) is 8.48. The Hall–Kier alpha value is -2.81. The molecule has 4 heterocycles. The van der Waals surface area contributed by atoms with Gasteiger partial charge in [0.15, 0.2) is 10.9 Å². The second-order valence-electron chi connectivity index (χ2n) is 6.23. The Morgan fingerprint density at radius 1 is 1.31 bits per heavy atom. The summed E-state index contributed by atoms with van der Waals surface area (Å²) in [5.41, 5.74) is 1.39. The van der Waals surface area contributed by atoms with Crippen LogP contribution in [0.2, 0.25) is 0 Å². The van der Waals surface area contributed by atoms with Gasteiger partial charge in [-0.3, -0.25) is 9.78 Å². The normalized spacial score (nSPS) is 17.3. The second-order valence-corrected chi connectivity index (χ2v) is 7.09. The number of carbonyl (C=O) groups is 1. The Bertz CT molecular complexity index is 891. The molecule has 4 rings (SSSR count). The molecule has 134 valence electrons. The summed E-state index contributed by atoms with van der Waals surface area (Å²) in [6.45, 7) is 0.727. The number of piperidine rings is 1. The topological polar surface area (TPSA) is 88.8 Å². The number of nitrogens with zero attached hydrogens (tertiary/aromatic N) is 6. The van der Waals surface area contributed by atoms with Crippen molar-refractivity contribution in [3.63, 3.8) is 0 Å². The number of carbonyl (C=O) groups excluding carboxylic acids is 1. The van der Waals surface area contributed by atoms with Gasteiger partial charge in [0.05, 0.1) is 24.3 Å². The molecule has 26 heavy (non-hydrogen) atoms. The third-order valence-electron chi connectivity index (χ3n) is 4.35. The molecule has 3 aromatic rings. The molecule has 0 aliphatic carbocycles. The summed E-state index contributed by atoms with van der Waals surface area (Å²) in [5.74, 6) is 0.616. The number of rotatable bonds is 4. The number of nitrogens with one attached hydrogen (secondary N) is 1. The minimum Gasteiger partial charge on any atom is -0.340 e. The van der Waals surface area contributed by atoms with Gasteiger partial charge in [0.1, 0.15) is 5.69 Å². The molecule has 1 fully saturated rings. The fourth-order valence-corrected chi connectivity index (χ4v) is 3.89. The van der Waals surface area contributed by atoms with E-state index >= 15 is 0 Å². The van der Waals surface area contributed by atoms with Crippen LogP contribution < -0.4 is 5.32 Å². The standard InChI is InChI=1S/C17H19N7OS/c1-23-9-12(20-11-23)16(25)24-7-3-2-4-14(24)13-10-26-17(21-13)22-15-8-18-5-6-19-15/h5-6,8-11,14H,2-4,7H2,1H3,(H,19,21,22). The number of amides is 1. The van der Waals surface area contributed by atoms with E-state index in [1.54, 1.807) is 35.7 Å². The number of anilines is 2. The maximum atomic E-state index is 12.9. The molecule has 1 aliphatic heterocycles. The van der Waals surface area contributed by atoms with Crippen molar-refractivity contribution < 1.29 is 4.79 Å². The van der Waals surface area contributed by atoms with E-state index in [1.807, 2.05) is 17.3 Å². The first-order chi connectivity index (χ1) is 12.7. The van der Waals surface area contributed by atoms with Crippen molar-refractivity contribution in [3.05, 3.63) is 47.9 Å². The number of aromatic nitrogens is 5. The summed E-state index contributed by atoms with van der Waals surface area (Å²) in [6.07, 6.45) is 11.3. The molecule has 0 saturated carbocycles. The highest BCUT2D eigenvalue weighted by molar-refractivity contribution is 7.13. The molecule has 1 atom stereocenters. The minimum atomic E-state index is -0.0354. The van der Waals surface area contributed by atoms with Crippen molar-refractivity contribution in [2.45, 2.75) is 25.3 Å². The third-order valence-corrected chi connectivity index (χ3v) is 5.13. The maximum Gasteiger partial charge on any atom is 0.274 e. The van der Waals surface area contributed by atoms with Gasteiger partial charge in [0.25, 0.3) is 5.91 Å². The summed E-state index contributed by atoms with van der Waals surface area (Å²) in [4.78, 5) is 31.9. The molecule has 1 saturated heterocycles. The lowest BCUT2D eigenvalue weighted by Crippen LogP contribution is -2.38. The van der Waals surface area contributed by atoms with Crippen molar-refractivity contribution >= 4 is 28.2 Å². The molecule has 1 aliphatic rings. The zero-order valence-corrected chi connectivity index (χ0v) is 15.2. The van der Waals surface area contributed by atoms with Crippen molar-refractivity contribution in [1.82, 2.24) is 29.4 Å². The SMILES string of the molecule is Cn1cnc(C(=O)N2CCCCC2c2csc(Nc3cnccn3)n2)c1. The average Bonchev–Trinajstić information content (AvgIpc) is 3.31. The molecule has 1 amide bonds. The lowest BCUT2D eigenvalue weighted by atomic mass is 9.99. The highest BCUT2D eigenvalue weighted by Gasteiger charge is 2.31. The van der Waals surface area contributed by atoms with Gasteiger partial charge in [0, 0.05) is 37.6 Å². The zero-order chi connectivity index (χ0) is 17.9. The van der Waals surface area contributed by atoms with Crippen molar-refractivity contribution in [1.29, 1.82) is 0 Å². The van der Waals surface area contributed by atoms with Crippen molar-refractivity contribution in [3.8, 4) is 0 Å². The monoisotopic (exact) mass is 369 g/mol. The molecule has 9 heteroatoms. The van der Waals surface area contributed by atoms with Crippen LogP contribution in [0, 0.1) is 0 Å².